The summed E-state index contributed by atoms with van der Waals surface area (Å²) in [5, 5.41) is 31.0. The number of amides is 1. The Kier molecular flexibility index (Phi) is 4.06. The van der Waals surface area contributed by atoms with Gasteiger partial charge in [0, 0.05) is 6.07 Å². The summed E-state index contributed by atoms with van der Waals surface area (Å²) in [7, 11) is 0. The quantitative estimate of drug-likeness (QED) is 0.680. The number of aromatic hydroxyl groups is 2. The van der Waals surface area contributed by atoms with Crippen molar-refractivity contribution in [2.24, 2.45) is 5.92 Å². The van der Waals surface area contributed by atoms with Gasteiger partial charge in [-0.15, -0.1) is 0 Å². The highest BCUT2D eigenvalue weighted by molar-refractivity contribution is 6.00. The molecule has 21 heavy (non-hydrogen) atoms. The van der Waals surface area contributed by atoms with Gasteiger partial charge in [-0.25, -0.2) is 4.79 Å². The molecule has 1 amide bonds. The van der Waals surface area contributed by atoms with Crippen LogP contribution in [0.25, 0.3) is 0 Å². The van der Waals surface area contributed by atoms with Crippen molar-refractivity contribution in [1.82, 2.24) is 5.32 Å². The topological polar surface area (TPSA) is 107 Å². The monoisotopic (exact) mass is 293 g/mol. The van der Waals surface area contributed by atoms with Gasteiger partial charge in [0.25, 0.3) is 5.91 Å². The molecule has 6 heteroatoms. The van der Waals surface area contributed by atoms with Gasteiger partial charge in [0.2, 0.25) is 0 Å². The lowest BCUT2D eigenvalue weighted by Gasteiger charge is -2.37. The molecule has 114 valence electrons. The zero-order chi connectivity index (χ0) is 15.6. The Morgan fingerprint density at radius 2 is 2.05 bits per heavy atom. The first-order chi connectivity index (χ1) is 9.84. The van der Waals surface area contributed by atoms with E-state index in [1.54, 1.807) is 0 Å². The van der Waals surface area contributed by atoms with E-state index >= 15 is 0 Å². The minimum absolute atomic E-state index is 0.0494. The van der Waals surface area contributed by atoms with Crippen LogP contribution < -0.4 is 5.32 Å². The predicted molar refractivity (Wildman–Crippen MR) is 75.2 cm³/mol. The molecule has 0 saturated heterocycles. The van der Waals surface area contributed by atoms with E-state index in [9.17, 15) is 24.9 Å². The maximum Gasteiger partial charge on any atom is 0.329 e. The van der Waals surface area contributed by atoms with Crippen LogP contribution in [0.2, 0.25) is 0 Å². The predicted octanol–water partition coefficient (Wildman–Crippen LogP) is 1.86. The van der Waals surface area contributed by atoms with Gasteiger partial charge < -0.3 is 20.6 Å². The van der Waals surface area contributed by atoms with Crippen molar-refractivity contribution in [2.45, 2.75) is 38.1 Å². The first-order valence-electron chi connectivity index (χ1n) is 6.92. The number of carboxylic acid groups (broad SMARTS) is 1. The second kappa shape index (κ2) is 5.63. The number of hydrogen-bond acceptors (Lipinski definition) is 4. The number of hydrogen-bond donors (Lipinski definition) is 4. The van der Waals surface area contributed by atoms with Crippen molar-refractivity contribution in [3.05, 3.63) is 23.8 Å². The summed E-state index contributed by atoms with van der Waals surface area (Å²) in [6.45, 7) is 1.96. The average Bonchev–Trinajstić information content (AvgIpc) is 2.38. The van der Waals surface area contributed by atoms with E-state index in [-0.39, 0.29) is 23.0 Å². The smallest absolute Gasteiger partial charge is 0.329 e. The Morgan fingerprint density at radius 1 is 1.33 bits per heavy atom. The third-order valence-corrected chi connectivity index (χ3v) is 3.99. The van der Waals surface area contributed by atoms with Crippen molar-refractivity contribution in [1.29, 1.82) is 0 Å². The van der Waals surface area contributed by atoms with E-state index in [4.69, 9.17) is 0 Å². The number of benzene rings is 1. The molecule has 2 atom stereocenters. The van der Waals surface area contributed by atoms with E-state index in [1.165, 1.54) is 12.1 Å². The lowest BCUT2D eigenvalue weighted by molar-refractivity contribution is -0.146. The van der Waals surface area contributed by atoms with Gasteiger partial charge in [-0.1, -0.05) is 19.8 Å². The van der Waals surface area contributed by atoms with Crippen molar-refractivity contribution < 1.29 is 24.9 Å². The van der Waals surface area contributed by atoms with E-state index < -0.39 is 17.4 Å². The highest BCUT2D eigenvalue weighted by Gasteiger charge is 2.43. The Balaban J connectivity index is 2.24. The number of carbonyl (C=O) groups is 2. The van der Waals surface area contributed by atoms with Crippen molar-refractivity contribution >= 4 is 11.9 Å². The van der Waals surface area contributed by atoms with Crippen LogP contribution in [-0.2, 0) is 4.79 Å². The van der Waals surface area contributed by atoms with Crippen LogP contribution in [-0.4, -0.2) is 32.7 Å². The van der Waals surface area contributed by atoms with Crippen molar-refractivity contribution in [3.8, 4) is 11.5 Å². The van der Waals surface area contributed by atoms with Gasteiger partial charge in [-0.2, -0.15) is 0 Å². The van der Waals surface area contributed by atoms with Crippen molar-refractivity contribution in [3.63, 3.8) is 0 Å². The van der Waals surface area contributed by atoms with Crippen LogP contribution in [0.1, 0.15) is 43.0 Å². The summed E-state index contributed by atoms with van der Waals surface area (Å²) in [6, 6.07) is 3.58. The molecule has 0 bridgehead atoms. The summed E-state index contributed by atoms with van der Waals surface area (Å²) in [5.74, 6) is -2.03. The zero-order valence-electron chi connectivity index (χ0n) is 11.8. The normalized spacial score (nSPS) is 25.3. The third-order valence-electron chi connectivity index (χ3n) is 3.99. The summed E-state index contributed by atoms with van der Waals surface area (Å²) >= 11 is 0. The molecule has 2 rings (SSSR count). The lowest BCUT2D eigenvalue weighted by Crippen LogP contribution is -2.56. The number of carboxylic acids is 1. The number of carbonyl (C=O) groups excluding carboxylic acids is 1. The van der Waals surface area contributed by atoms with Crippen LogP contribution in [0.15, 0.2) is 18.2 Å². The largest absolute Gasteiger partial charge is 0.508 e. The second-order valence-corrected chi connectivity index (χ2v) is 5.74. The summed E-state index contributed by atoms with van der Waals surface area (Å²) in [5.41, 5.74) is -1.34. The Labute approximate surface area is 122 Å². The fourth-order valence-corrected chi connectivity index (χ4v) is 2.91. The van der Waals surface area contributed by atoms with Crippen LogP contribution in [0.3, 0.4) is 0 Å². The summed E-state index contributed by atoms with van der Waals surface area (Å²) in [4.78, 5) is 23.9. The molecular weight excluding hydrogens is 274 g/mol. The fourth-order valence-electron chi connectivity index (χ4n) is 2.91. The van der Waals surface area contributed by atoms with E-state index in [1.807, 2.05) is 6.92 Å². The molecule has 0 spiro atoms. The minimum atomic E-state index is -1.29. The maximum atomic E-state index is 12.2. The number of phenols is 2. The highest BCUT2D eigenvalue weighted by Crippen LogP contribution is 2.33. The standard InChI is InChI=1S/C15H19NO5/c1-9-3-2-6-15(8-9,14(20)21)16-13(19)11-5-4-10(17)7-12(11)18/h4-5,7,9,17-18H,2-3,6,8H2,1H3,(H,16,19)(H,20,21). The molecule has 0 aromatic heterocycles. The zero-order valence-corrected chi connectivity index (χ0v) is 11.8. The SMILES string of the molecule is CC1CCCC(NC(=O)c2ccc(O)cc2O)(C(=O)O)C1. The molecule has 2 unspecified atom stereocenters. The average molecular weight is 293 g/mol. The van der Waals surface area contributed by atoms with Gasteiger partial charge in [-0.05, 0) is 30.9 Å². The number of rotatable bonds is 3. The van der Waals surface area contributed by atoms with Crippen LogP contribution >= 0.6 is 0 Å². The van der Waals surface area contributed by atoms with E-state index in [2.05, 4.69) is 5.32 Å². The van der Waals surface area contributed by atoms with Crippen molar-refractivity contribution in [2.75, 3.05) is 0 Å². The molecular formula is C15H19NO5. The first kappa shape index (κ1) is 15.2. The maximum absolute atomic E-state index is 12.2. The van der Waals surface area contributed by atoms with E-state index in [0.717, 1.165) is 18.9 Å². The molecule has 0 aliphatic heterocycles. The molecule has 1 aliphatic carbocycles. The molecule has 1 aromatic rings. The third kappa shape index (κ3) is 3.09. The van der Waals surface area contributed by atoms with Gasteiger partial charge in [0.15, 0.2) is 0 Å². The van der Waals surface area contributed by atoms with Gasteiger partial charge in [0.05, 0.1) is 5.56 Å². The summed E-state index contributed by atoms with van der Waals surface area (Å²) < 4.78 is 0. The van der Waals surface area contributed by atoms with Gasteiger partial charge in [0.1, 0.15) is 17.0 Å². The molecule has 1 fully saturated rings. The summed E-state index contributed by atoms with van der Waals surface area (Å²) in [6.07, 6.45) is 2.41. The Bertz CT molecular complexity index is 571. The molecule has 1 saturated carbocycles. The van der Waals surface area contributed by atoms with E-state index in [0.29, 0.717) is 12.8 Å². The number of aliphatic carboxylic acids is 1. The van der Waals surface area contributed by atoms with Gasteiger partial charge in [-0.3, -0.25) is 4.79 Å². The molecule has 6 nitrogen and oxygen atoms in total. The van der Waals surface area contributed by atoms with Crippen LogP contribution in [0, 0.1) is 5.92 Å². The first-order valence-corrected chi connectivity index (χ1v) is 6.92. The second-order valence-electron chi connectivity index (χ2n) is 5.74. The fraction of sp³-hybridized carbons (Fsp3) is 0.467. The lowest BCUT2D eigenvalue weighted by atomic mass is 9.76. The number of phenolic OH excluding ortho intramolecular Hbond substituents is 2. The Hall–Kier alpha value is -2.24. The molecule has 0 radical (unpaired) electrons. The molecule has 1 aliphatic rings. The molecule has 1 aromatic carbocycles. The molecule has 0 heterocycles. The highest BCUT2D eigenvalue weighted by atomic mass is 16.4. The molecule has 4 N–H and O–H groups in total. The van der Waals surface area contributed by atoms with Crippen LogP contribution in [0.4, 0.5) is 0 Å². The number of nitrogens with one attached hydrogen (secondary N) is 1. The Morgan fingerprint density at radius 3 is 2.62 bits per heavy atom. The van der Waals surface area contributed by atoms with Gasteiger partial charge >= 0.3 is 5.97 Å². The van der Waals surface area contributed by atoms with Crippen LogP contribution in [0.5, 0.6) is 11.5 Å². The minimum Gasteiger partial charge on any atom is -0.508 e.